The van der Waals surface area contributed by atoms with Crippen molar-refractivity contribution in [1.29, 1.82) is 0 Å². The average Bonchev–Trinajstić information content (AvgIpc) is 1.89. The molecule has 9 heavy (non-hydrogen) atoms. The zero-order chi connectivity index (χ0) is 7.11. The third-order valence-electron chi connectivity index (χ3n) is 1.19. The molecule has 0 rings (SSSR count). The van der Waals surface area contributed by atoms with Crippen LogP contribution in [0.4, 0.5) is 0 Å². The molecule has 2 nitrogen and oxygen atoms in total. The number of hydrogen-bond acceptors (Lipinski definition) is 2. The van der Waals surface area contributed by atoms with Gasteiger partial charge in [0.05, 0.1) is 6.26 Å². The Kier molecular flexibility index (Phi) is 4.88. The van der Waals surface area contributed by atoms with Crippen molar-refractivity contribution in [3.8, 4) is 0 Å². The quantitative estimate of drug-likeness (QED) is 0.425. The summed E-state index contributed by atoms with van der Waals surface area (Å²) >= 11 is 0. The summed E-state index contributed by atoms with van der Waals surface area (Å²) < 4.78 is 4.34. The molecule has 0 aliphatic rings. The molecular formula is C7H12O2. The van der Waals surface area contributed by atoms with Crippen molar-refractivity contribution >= 4 is 6.47 Å². The smallest absolute Gasteiger partial charge is 0.297 e. The Bertz CT molecular complexity index is 97.1. The minimum Gasteiger partial charge on any atom is -0.437 e. The molecule has 0 aromatic heterocycles. The van der Waals surface area contributed by atoms with E-state index in [2.05, 4.69) is 18.6 Å². The molecule has 0 fully saturated rings. The van der Waals surface area contributed by atoms with Crippen LogP contribution in [0, 0.1) is 5.92 Å². The van der Waals surface area contributed by atoms with Crippen molar-refractivity contribution in [2.24, 2.45) is 5.92 Å². The molecular weight excluding hydrogens is 116 g/mol. The largest absolute Gasteiger partial charge is 0.437 e. The number of allylic oxidation sites excluding steroid dienone is 1. The van der Waals surface area contributed by atoms with E-state index in [1.54, 1.807) is 0 Å². The summed E-state index contributed by atoms with van der Waals surface area (Å²) in [4.78, 5) is 9.60. The van der Waals surface area contributed by atoms with Gasteiger partial charge in [-0.3, -0.25) is 4.79 Å². The highest BCUT2D eigenvalue weighted by Crippen LogP contribution is 2.00. The van der Waals surface area contributed by atoms with Crippen LogP contribution in [0.2, 0.25) is 0 Å². The number of carbonyl (C=O) groups is 1. The van der Waals surface area contributed by atoms with Gasteiger partial charge in [-0.05, 0) is 18.4 Å². The number of hydrogen-bond donors (Lipinski definition) is 0. The Hall–Kier alpha value is -0.790. The fraction of sp³-hybridized carbons (Fsp3) is 0.571. The Labute approximate surface area is 55.5 Å². The molecule has 1 atom stereocenters. The summed E-state index contributed by atoms with van der Waals surface area (Å²) in [5.41, 5.74) is 0. The van der Waals surface area contributed by atoms with Crippen molar-refractivity contribution in [2.45, 2.75) is 20.3 Å². The Morgan fingerprint density at radius 3 is 2.78 bits per heavy atom. The molecule has 0 aliphatic heterocycles. The van der Waals surface area contributed by atoms with Gasteiger partial charge in [-0.2, -0.15) is 0 Å². The highest BCUT2D eigenvalue weighted by atomic mass is 16.5. The van der Waals surface area contributed by atoms with Crippen LogP contribution in [0.1, 0.15) is 20.3 Å². The number of ether oxygens (including phenoxy) is 1. The second-order valence-corrected chi connectivity index (χ2v) is 1.95. The first kappa shape index (κ1) is 8.21. The fourth-order valence-corrected chi connectivity index (χ4v) is 0.348. The van der Waals surface area contributed by atoms with Gasteiger partial charge < -0.3 is 4.74 Å². The third-order valence-corrected chi connectivity index (χ3v) is 1.19. The molecule has 0 radical (unpaired) electrons. The molecule has 0 aromatic carbocycles. The van der Waals surface area contributed by atoms with E-state index >= 15 is 0 Å². The minimum absolute atomic E-state index is 0.416. The lowest BCUT2D eigenvalue weighted by Crippen LogP contribution is -1.84. The second kappa shape index (κ2) is 5.35. The van der Waals surface area contributed by atoms with Crippen LogP contribution in [0.25, 0.3) is 0 Å². The van der Waals surface area contributed by atoms with Gasteiger partial charge in [0.25, 0.3) is 6.47 Å². The summed E-state index contributed by atoms with van der Waals surface area (Å²) in [6.45, 7) is 4.56. The van der Waals surface area contributed by atoms with Gasteiger partial charge in [0.15, 0.2) is 0 Å². The lowest BCUT2D eigenvalue weighted by Gasteiger charge is -1.96. The molecule has 0 N–H and O–H groups in total. The molecule has 52 valence electrons. The van der Waals surface area contributed by atoms with Gasteiger partial charge in [0.2, 0.25) is 0 Å². The average molecular weight is 128 g/mol. The van der Waals surface area contributed by atoms with Gasteiger partial charge in [-0.25, -0.2) is 0 Å². The molecule has 0 aromatic rings. The molecule has 0 saturated carbocycles. The van der Waals surface area contributed by atoms with E-state index in [-0.39, 0.29) is 0 Å². The van der Waals surface area contributed by atoms with Crippen LogP contribution in [0.3, 0.4) is 0 Å². The lowest BCUT2D eigenvalue weighted by atomic mass is 10.1. The van der Waals surface area contributed by atoms with Crippen molar-refractivity contribution < 1.29 is 9.53 Å². The summed E-state index contributed by atoms with van der Waals surface area (Å²) in [7, 11) is 0. The Balaban J connectivity index is 3.31. The second-order valence-electron chi connectivity index (χ2n) is 1.95. The normalized spacial score (nSPS) is 13.6. The predicted molar refractivity (Wildman–Crippen MR) is 35.7 cm³/mol. The van der Waals surface area contributed by atoms with Crippen LogP contribution >= 0.6 is 0 Å². The zero-order valence-electron chi connectivity index (χ0n) is 5.83. The maximum absolute atomic E-state index is 9.60. The highest BCUT2D eigenvalue weighted by molar-refractivity contribution is 5.38. The molecule has 0 aliphatic carbocycles. The van der Waals surface area contributed by atoms with Crippen molar-refractivity contribution in [3.63, 3.8) is 0 Å². The van der Waals surface area contributed by atoms with E-state index < -0.39 is 0 Å². The van der Waals surface area contributed by atoms with Gasteiger partial charge >= 0.3 is 0 Å². The van der Waals surface area contributed by atoms with E-state index in [0.717, 1.165) is 6.42 Å². The standard InChI is InChI=1S/C7H12O2/c1-3-7(2)4-5-9-6-8/h4-7H,3H2,1-2H3. The van der Waals surface area contributed by atoms with E-state index in [9.17, 15) is 4.79 Å². The Morgan fingerprint density at radius 2 is 2.33 bits per heavy atom. The van der Waals surface area contributed by atoms with Gasteiger partial charge in [0, 0.05) is 0 Å². The van der Waals surface area contributed by atoms with Crippen LogP contribution in [0.5, 0.6) is 0 Å². The van der Waals surface area contributed by atoms with Crippen LogP contribution in [0.15, 0.2) is 12.3 Å². The third kappa shape index (κ3) is 5.07. The van der Waals surface area contributed by atoms with Gasteiger partial charge in [-0.15, -0.1) is 0 Å². The van der Waals surface area contributed by atoms with Gasteiger partial charge in [-0.1, -0.05) is 13.8 Å². The summed E-state index contributed by atoms with van der Waals surface area (Å²) in [5.74, 6) is 0.491. The molecule has 0 spiro atoms. The molecule has 0 bridgehead atoms. The molecule has 2 heteroatoms. The fourth-order valence-electron chi connectivity index (χ4n) is 0.348. The van der Waals surface area contributed by atoms with E-state index in [0.29, 0.717) is 12.4 Å². The number of rotatable bonds is 4. The molecule has 0 heterocycles. The monoisotopic (exact) mass is 128 g/mol. The van der Waals surface area contributed by atoms with Crippen LogP contribution in [-0.4, -0.2) is 6.47 Å². The summed E-state index contributed by atoms with van der Waals surface area (Å²) in [6.07, 6.45) is 4.34. The maximum Gasteiger partial charge on any atom is 0.297 e. The first-order chi connectivity index (χ1) is 4.31. The van der Waals surface area contributed by atoms with Crippen LogP contribution < -0.4 is 0 Å². The van der Waals surface area contributed by atoms with E-state index in [4.69, 9.17) is 0 Å². The van der Waals surface area contributed by atoms with Gasteiger partial charge in [0.1, 0.15) is 0 Å². The van der Waals surface area contributed by atoms with Crippen molar-refractivity contribution in [1.82, 2.24) is 0 Å². The van der Waals surface area contributed by atoms with Crippen LogP contribution in [-0.2, 0) is 9.53 Å². The SMILES string of the molecule is CCC(C)C=COC=O. The molecule has 0 amide bonds. The van der Waals surface area contributed by atoms with Crippen molar-refractivity contribution in [2.75, 3.05) is 0 Å². The minimum atomic E-state index is 0.416. The maximum atomic E-state index is 9.60. The zero-order valence-corrected chi connectivity index (χ0v) is 5.83. The topological polar surface area (TPSA) is 26.3 Å². The summed E-state index contributed by atoms with van der Waals surface area (Å²) in [5, 5.41) is 0. The highest BCUT2D eigenvalue weighted by Gasteiger charge is 1.88. The van der Waals surface area contributed by atoms with E-state index in [1.165, 1.54) is 6.26 Å². The molecule has 0 saturated heterocycles. The lowest BCUT2D eigenvalue weighted by molar-refractivity contribution is -0.123. The van der Waals surface area contributed by atoms with Crippen molar-refractivity contribution in [3.05, 3.63) is 12.3 Å². The summed E-state index contributed by atoms with van der Waals surface area (Å²) in [6, 6.07) is 0. The molecule has 1 unspecified atom stereocenters. The first-order valence-corrected chi connectivity index (χ1v) is 3.07. The first-order valence-electron chi connectivity index (χ1n) is 3.07. The number of carbonyl (C=O) groups excluding carboxylic acids is 1. The van der Waals surface area contributed by atoms with E-state index in [1.807, 2.05) is 6.08 Å². The Morgan fingerprint density at radius 1 is 1.67 bits per heavy atom. The predicted octanol–water partition coefficient (Wildman–Crippen LogP) is 1.72.